The van der Waals surface area contributed by atoms with E-state index in [1.165, 1.54) is 46.2 Å². The molecule has 2 aliphatic carbocycles. The summed E-state index contributed by atoms with van der Waals surface area (Å²) in [5, 5.41) is 0. The molecule has 2 unspecified atom stereocenters. The Morgan fingerprint density at radius 1 is 0.676 bits per heavy atom. The molecule has 0 N–H and O–H groups in total. The number of alkyl halides is 2. The Labute approximate surface area is 258 Å². The van der Waals surface area contributed by atoms with Crippen molar-refractivity contribution in [1.82, 2.24) is 0 Å². The Morgan fingerprint density at radius 2 is 1.05 bits per heavy atom. The van der Waals surface area contributed by atoms with E-state index in [0.717, 1.165) is 24.6 Å². The van der Waals surface area contributed by atoms with Gasteiger partial charge in [-0.3, -0.25) is 0 Å². The van der Waals surface area contributed by atoms with Gasteiger partial charge in [0.15, 0.2) is 0 Å². The Balaban J connectivity index is 1.78. The molecule has 0 radical (unpaired) electrons. The molecule has 2 atom stereocenters. The Kier molecular flexibility index (Phi) is 9.68. The van der Waals surface area contributed by atoms with Crippen LogP contribution in [0.15, 0.2) is 35.4 Å². The van der Waals surface area contributed by atoms with E-state index >= 15 is 0 Å². The predicted molar refractivity (Wildman–Crippen MR) is 160 cm³/mol. The van der Waals surface area contributed by atoms with Crippen LogP contribution in [0.3, 0.4) is 0 Å². The molecule has 37 heavy (non-hydrogen) atoms. The number of fused-ring (bicyclic) bond motifs is 2. The molecular formula is C32H42Cl2SiZr2. The molecular weight excluding hydrogens is 666 g/mol. The van der Waals surface area contributed by atoms with Crippen molar-refractivity contribution < 1.29 is 44.8 Å². The molecule has 0 saturated heterocycles. The van der Waals surface area contributed by atoms with Gasteiger partial charge in [-0.15, -0.1) is 0 Å². The number of allylic oxidation sites excluding steroid dienone is 2. The quantitative estimate of drug-likeness (QED) is 0.171. The zero-order valence-corrected chi connectivity index (χ0v) is 31.4. The molecule has 0 spiro atoms. The van der Waals surface area contributed by atoms with Crippen molar-refractivity contribution in [3.63, 3.8) is 0 Å². The first-order valence-corrected chi connectivity index (χ1v) is 27.7. The van der Waals surface area contributed by atoms with Crippen molar-refractivity contribution in [2.45, 2.75) is 86.6 Å². The van der Waals surface area contributed by atoms with Gasteiger partial charge >= 0.3 is 261 Å². The first kappa shape index (κ1) is 30.4. The first-order chi connectivity index (χ1) is 17.5. The molecule has 0 saturated carbocycles. The van der Waals surface area contributed by atoms with Crippen LogP contribution >= 0.6 is 23.2 Å². The fourth-order valence-corrected chi connectivity index (χ4v) is 58.2. The second-order valence-corrected chi connectivity index (χ2v) is 51.4. The van der Waals surface area contributed by atoms with Crippen molar-refractivity contribution in [2.24, 2.45) is 0 Å². The molecule has 4 rings (SSSR count). The van der Waals surface area contributed by atoms with E-state index in [1.807, 2.05) is 0 Å². The summed E-state index contributed by atoms with van der Waals surface area (Å²) in [5.41, 5.74) is 15.3. The third-order valence-electron chi connectivity index (χ3n) is 8.50. The molecule has 0 bridgehead atoms. The van der Waals surface area contributed by atoms with Crippen LogP contribution in [0.1, 0.15) is 85.0 Å². The number of halogens is 2. The fraction of sp³-hybridized carbons (Fsp3) is 0.500. The van der Waals surface area contributed by atoms with Crippen LogP contribution in [-0.2, 0) is 63.9 Å². The van der Waals surface area contributed by atoms with E-state index in [9.17, 15) is 0 Å². The van der Waals surface area contributed by atoms with Crippen LogP contribution in [0, 0.1) is 13.8 Å². The minimum atomic E-state index is -1.47. The van der Waals surface area contributed by atoms with E-state index in [0.29, 0.717) is 0 Å². The van der Waals surface area contributed by atoms with Gasteiger partial charge in [0.25, 0.3) is 0 Å². The van der Waals surface area contributed by atoms with Gasteiger partial charge in [-0.1, -0.05) is 0 Å². The molecule has 0 amide bonds. The van der Waals surface area contributed by atoms with Crippen LogP contribution < -0.4 is 0 Å². The van der Waals surface area contributed by atoms with Gasteiger partial charge in [-0.05, 0) is 0 Å². The van der Waals surface area contributed by atoms with Crippen LogP contribution in [0.2, 0.25) is 13.1 Å². The Bertz CT molecular complexity index is 1170. The van der Waals surface area contributed by atoms with Gasteiger partial charge in [-0.25, -0.2) is 0 Å². The van der Waals surface area contributed by atoms with Gasteiger partial charge in [0, 0.05) is 0 Å². The molecule has 0 fully saturated rings. The van der Waals surface area contributed by atoms with Gasteiger partial charge < -0.3 is 0 Å². The SMILES string of the molecule is CCCc1ccc(C)c2c1C=C(C)[C]2(CCl)[Zr][Si](C)(C)[Zr][C]1(CCl)C(C)=Cc2c(CCC)ccc(C)c21. The summed E-state index contributed by atoms with van der Waals surface area (Å²) < 4.78 is -1.20. The summed E-state index contributed by atoms with van der Waals surface area (Å²) in [5.74, 6) is 1.50. The van der Waals surface area contributed by atoms with Gasteiger partial charge in [0.05, 0.1) is 0 Å². The summed E-state index contributed by atoms with van der Waals surface area (Å²) in [7, 11) is 0. The molecule has 2 aliphatic rings. The molecule has 0 heterocycles. The average molecular weight is 708 g/mol. The van der Waals surface area contributed by atoms with Gasteiger partial charge in [0.2, 0.25) is 0 Å². The predicted octanol–water partition coefficient (Wildman–Crippen LogP) is 9.48. The number of hydrogen-bond acceptors (Lipinski definition) is 0. The van der Waals surface area contributed by atoms with Gasteiger partial charge in [0.1, 0.15) is 0 Å². The van der Waals surface area contributed by atoms with E-state index in [2.05, 4.69) is 91.1 Å². The number of benzene rings is 2. The summed E-state index contributed by atoms with van der Waals surface area (Å²) in [6.07, 6.45) is 9.74. The van der Waals surface area contributed by atoms with E-state index in [-0.39, 0.29) is 6.25 Å². The summed E-state index contributed by atoms with van der Waals surface area (Å²) in [4.78, 5) is 0. The summed E-state index contributed by atoms with van der Waals surface area (Å²) in [6.45, 7) is 19.5. The molecule has 0 aromatic heterocycles. The van der Waals surface area contributed by atoms with Crippen LogP contribution in [0.25, 0.3) is 12.2 Å². The fourth-order valence-electron chi connectivity index (χ4n) is 6.89. The Hall–Kier alpha value is 0.483. The minimum absolute atomic E-state index is 0.135. The molecule has 2 aromatic rings. The van der Waals surface area contributed by atoms with Crippen LogP contribution in [0.5, 0.6) is 0 Å². The molecule has 0 aliphatic heterocycles. The monoisotopic (exact) mass is 704 g/mol. The first-order valence-electron chi connectivity index (χ1n) is 13.8. The maximum absolute atomic E-state index is 7.08. The number of rotatable bonds is 10. The van der Waals surface area contributed by atoms with Crippen molar-refractivity contribution in [3.8, 4) is 0 Å². The van der Waals surface area contributed by atoms with Crippen LogP contribution in [-0.4, -0.2) is 14.1 Å². The molecule has 2 aromatic carbocycles. The van der Waals surface area contributed by atoms with Crippen molar-refractivity contribution in [1.29, 1.82) is 0 Å². The normalized spacial score (nSPS) is 22.4. The third kappa shape index (κ3) is 5.30. The van der Waals surface area contributed by atoms with Crippen molar-refractivity contribution in [3.05, 3.63) is 79.9 Å². The average Bonchev–Trinajstić information content (AvgIpc) is 3.30. The van der Waals surface area contributed by atoms with Crippen molar-refractivity contribution >= 4 is 37.7 Å². The second-order valence-electron chi connectivity index (χ2n) is 11.8. The van der Waals surface area contributed by atoms with E-state index in [1.54, 1.807) is 22.3 Å². The summed E-state index contributed by atoms with van der Waals surface area (Å²) in [6, 6.07) is 9.51. The van der Waals surface area contributed by atoms with Crippen LogP contribution in [0.4, 0.5) is 0 Å². The zero-order valence-electron chi connectivity index (χ0n) is 24.0. The topological polar surface area (TPSA) is 0 Å². The molecule has 5 heteroatoms. The standard InChI is InChI=1S/2C15H18Cl.C2H6Si.2Zr/c2*1-4-5-12-7-6-10(2)15-13(12)8-11(3)14(15)9-16;1-3-2;;/h2*6-8H,4-5,9H2,1-3H3;1-2H3;;. The van der Waals surface area contributed by atoms with E-state index in [4.69, 9.17) is 23.2 Å². The second kappa shape index (κ2) is 11.8. The zero-order chi connectivity index (χ0) is 27.2. The van der Waals surface area contributed by atoms with E-state index < -0.39 is 47.1 Å². The molecule has 196 valence electrons. The maximum atomic E-state index is 7.08. The van der Waals surface area contributed by atoms with Crippen molar-refractivity contribution in [2.75, 3.05) is 11.8 Å². The summed E-state index contributed by atoms with van der Waals surface area (Å²) >= 11 is 12.4. The number of aryl methyl sites for hydroxylation is 4. The molecule has 0 nitrogen and oxygen atoms in total. The number of hydrogen-bond donors (Lipinski definition) is 0. The third-order valence-corrected chi connectivity index (χ3v) is 43.0. The Morgan fingerprint density at radius 3 is 1.38 bits per heavy atom. The van der Waals surface area contributed by atoms with Gasteiger partial charge in [-0.2, -0.15) is 0 Å².